The predicted molar refractivity (Wildman–Crippen MR) is 104 cm³/mol. The molecule has 2 aromatic heterocycles. The van der Waals surface area contributed by atoms with Crippen LogP contribution in [0.3, 0.4) is 0 Å². The number of pyridine rings is 1. The number of nitrogens with zero attached hydrogens (tertiary/aromatic N) is 4. The van der Waals surface area contributed by atoms with Crippen molar-refractivity contribution in [3.63, 3.8) is 0 Å². The van der Waals surface area contributed by atoms with Crippen LogP contribution in [0.25, 0.3) is 10.9 Å². The Labute approximate surface area is 157 Å². The van der Waals surface area contributed by atoms with Crippen LogP contribution in [0.1, 0.15) is 39.8 Å². The fourth-order valence-electron chi connectivity index (χ4n) is 3.83. The first kappa shape index (κ1) is 17.4. The van der Waals surface area contributed by atoms with Crippen LogP contribution >= 0.6 is 0 Å². The maximum absolute atomic E-state index is 13.5. The average molecular weight is 362 g/mol. The molecular weight excluding hydrogens is 340 g/mol. The fourth-order valence-corrected chi connectivity index (χ4v) is 3.83. The molecule has 6 heteroatoms. The lowest BCUT2D eigenvalue weighted by Crippen LogP contribution is -2.40. The molecule has 1 aromatic carbocycles. The van der Waals surface area contributed by atoms with Crippen LogP contribution in [-0.4, -0.2) is 31.9 Å². The molecule has 4 rings (SSSR count). The lowest BCUT2D eigenvalue weighted by Gasteiger charge is -2.29. The Morgan fingerprint density at radius 3 is 2.81 bits per heavy atom. The van der Waals surface area contributed by atoms with Gasteiger partial charge in [0.1, 0.15) is 0 Å². The SMILES string of the molecule is CCc1nc2ccccc2c(C(=O)N2CCc3c(ncn(C)c3=O)C2)c1C. The zero-order chi connectivity index (χ0) is 19.1. The molecule has 0 saturated heterocycles. The summed E-state index contributed by atoms with van der Waals surface area (Å²) in [5, 5.41) is 0.875. The molecule has 0 fully saturated rings. The van der Waals surface area contributed by atoms with E-state index in [9.17, 15) is 9.59 Å². The van der Waals surface area contributed by atoms with Crippen molar-refractivity contribution in [1.29, 1.82) is 0 Å². The number of fused-ring (bicyclic) bond motifs is 2. The summed E-state index contributed by atoms with van der Waals surface area (Å²) in [5.41, 5.74) is 4.83. The molecule has 6 nitrogen and oxygen atoms in total. The summed E-state index contributed by atoms with van der Waals surface area (Å²) in [6, 6.07) is 7.77. The van der Waals surface area contributed by atoms with Gasteiger partial charge in [-0.25, -0.2) is 4.98 Å². The summed E-state index contributed by atoms with van der Waals surface area (Å²) in [6.07, 6.45) is 2.83. The van der Waals surface area contributed by atoms with Crippen LogP contribution in [0.2, 0.25) is 0 Å². The smallest absolute Gasteiger partial charge is 0.256 e. The van der Waals surface area contributed by atoms with Crippen LogP contribution in [0.5, 0.6) is 0 Å². The Morgan fingerprint density at radius 2 is 2.04 bits per heavy atom. The molecule has 0 bridgehead atoms. The minimum Gasteiger partial charge on any atom is -0.332 e. The number of carbonyl (C=O) groups is 1. The summed E-state index contributed by atoms with van der Waals surface area (Å²) in [7, 11) is 1.70. The van der Waals surface area contributed by atoms with Gasteiger partial charge in [-0.3, -0.25) is 14.6 Å². The molecule has 138 valence electrons. The first-order chi connectivity index (χ1) is 13.0. The standard InChI is InChI=1S/C21H22N4O2/c1-4-16-13(2)19(14-7-5-6-8-17(14)23-16)21(27)25-10-9-15-18(11-25)22-12-24(3)20(15)26/h5-8,12H,4,9-11H2,1-3H3. The predicted octanol–water partition coefficient (Wildman–Crippen LogP) is 2.40. The van der Waals surface area contributed by atoms with E-state index in [4.69, 9.17) is 4.98 Å². The Kier molecular flexibility index (Phi) is 4.26. The van der Waals surface area contributed by atoms with Crippen molar-refractivity contribution in [2.24, 2.45) is 7.05 Å². The Bertz CT molecular complexity index is 1120. The molecular formula is C21H22N4O2. The molecule has 3 aromatic rings. The van der Waals surface area contributed by atoms with Crippen LogP contribution in [0, 0.1) is 6.92 Å². The molecule has 3 heterocycles. The molecule has 1 amide bonds. The number of amides is 1. The Morgan fingerprint density at radius 1 is 1.26 bits per heavy atom. The van der Waals surface area contributed by atoms with Crippen molar-refractivity contribution in [3.05, 3.63) is 69.0 Å². The summed E-state index contributed by atoms with van der Waals surface area (Å²) >= 11 is 0. The van der Waals surface area contributed by atoms with Gasteiger partial charge in [-0.15, -0.1) is 0 Å². The van der Waals surface area contributed by atoms with Gasteiger partial charge in [0.25, 0.3) is 11.5 Å². The largest absolute Gasteiger partial charge is 0.332 e. The maximum atomic E-state index is 13.5. The highest BCUT2D eigenvalue weighted by atomic mass is 16.2. The van der Waals surface area contributed by atoms with Gasteiger partial charge in [-0.2, -0.15) is 0 Å². The molecule has 0 atom stereocenters. The molecule has 0 unspecified atom stereocenters. The van der Waals surface area contributed by atoms with Gasteiger partial charge in [-0.05, 0) is 31.4 Å². The van der Waals surface area contributed by atoms with Crippen LogP contribution in [0.15, 0.2) is 35.4 Å². The van der Waals surface area contributed by atoms with Gasteiger partial charge in [0.15, 0.2) is 0 Å². The van der Waals surface area contributed by atoms with Crippen molar-refractivity contribution in [3.8, 4) is 0 Å². The third-order valence-corrected chi connectivity index (χ3v) is 5.36. The highest BCUT2D eigenvalue weighted by Gasteiger charge is 2.27. The summed E-state index contributed by atoms with van der Waals surface area (Å²) in [6.45, 7) is 4.90. The molecule has 0 spiro atoms. The van der Waals surface area contributed by atoms with Crippen molar-refractivity contribution < 1.29 is 4.79 Å². The molecule has 27 heavy (non-hydrogen) atoms. The van der Waals surface area contributed by atoms with Gasteiger partial charge in [-0.1, -0.05) is 25.1 Å². The number of benzene rings is 1. The zero-order valence-corrected chi connectivity index (χ0v) is 15.8. The lowest BCUT2D eigenvalue weighted by atomic mass is 9.97. The molecule has 0 N–H and O–H groups in total. The van der Waals surface area contributed by atoms with E-state index in [0.717, 1.165) is 34.1 Å². The second-order valence-corrected chi connectivity index (χ2v) is 6.99. The number of aromatic nitrogens is 3. The number of para-hydroxylation sites is 1. The van der Waals surface area contributed by atoms with Crippen LogP contribution < -0.4 is 5.56 Å². The zero-order valence-electron chi connectivity index (χ0n) is 15.8. The summed E-state index contributed by atoms with van der Waals surface area (Å²) in [4.78, 5) is 36.6. The molecule has 1 aliphatic heterocycles. The minimum atomic E-state index is -0.0223. The van der Waals surface area contributed by atoms with Gasteiger partial charge in [0.2, 0.25) is 0 Å². The molecule has 0 saturated carbocycles. The number of aryl methyl sites for hydroxylation is 2. The van der Waals surface area contributed by atoms with E-state index < -0.39 is 0 Å². The average Bonchev–Trinajstić information content (AvgIpc) is 2.69. The third-order valence-electron chi connectivity index (χ3n) is 5.36. The Hall–Kier alpha value is -3.02. The van der Waals surface area contributed by atoms with Crippen molar-refractivity contribution in [2.45, 2.75) is 33.2 Å². The number of carbonyl (C=O) groups excluding carboxylic acids is 1. The van der Waals surface area contributed by atoms with Gasteiger partial charge in [0.05, 0.1) is 29.6 Å². The van der Waals surface area contributed by atoms with Gasteiger partial charge in [0, 0.05) is 30.2 Å². The minimum absolute atomic E-state index is 0.0195. The quantitative estimate of drug-likeness (QED) is 0.702. The lowest BCUT2D eigenvalue weighted by molar-refractivity contribution is 0.0732. The first-order valence-electron chi connectivity index (χ1n) is 9.22. The Balaban J connectivity index is 1.79. The highest BCUT2D eigenvalue weighted by Crippen LogP contribution is 2.26. The topological polar surface area (TPSA) is 68.1 Å². The summed E-state index contributed by atoms with van der Waals surface area (Å²) < 4.78 is 1.49. The number of hydrogen-bond acceptors (Lipinski definition) is 4. The maximum Gasteiger partial charge on any atom is 0.256 e. The molecule has 1 aliphatic rings. The number of hydrogen-bond donors (Lipinski definition) is 0. The van der Waals surface area contributed by atoms with E-state index in [0.29, 0.717) is 30.8 Å². The monoisotopic (exact) mass is 362 g/mol. The van der Waals surface area contributed by atoms with Crippen LogP contribution in [0.4, 0.5) is 0 Å². The van der Waals surface area contributed by atoms with Crippen molar-refractivity contribution in [1.82, 2.24) is 19.4 Å². The van der Waals surface area contributed by atoms with Crippen molar-refractivity contribution >= 4 is 16.8 Å². The normalized spacial score (nSPS) is 13.7. The second kappa shape index (κ2) is 6.61. The summed E-state index contributed by atoms with van der Waals surface area (Å²) in [5.74, 6) is -0.0195. The number of rotatable bonds is 2. The van der Waals surface area contributed by atoms with Crippen molar-refractivity contribution in [2.75, 3.05) is 6.54 Å². The van der Waals surface area contributed by atoms with Gasteiger partial charge >= 0.3 is 0 Å². The fraction of sp³-hybridized carbons (Fsp3) is 0.333. The second-order valence-electron chi connectivity index (χ2n) is 6.99. The van der Waals surface area contributed by atoms with E-state index in [2.05, 4.69) is 11.9 Å². The van der Waals surface area contributed by atoms with E-state index in [1.54, 1.807) is 11.9 Å². The van der Waals surface area contributed by atoms with E-state index in [1.807, 2.05) is 31.2 Å². The molecule has 0 radical (unpaired) electrons. The van der Waals surface area contributed by atoms with E-state index in [-0.39, 0.29) is 11.5 Å². The molecule has 0 aliphatic carbocycles. The van der Waals surface area contributed by atoms with Gasteiger partial charge < -0.3 is 9.47 Å². The highest BCUT2D eigenvalue weighted by molar-refractivity contribution is 6.07. The van der Waals surface area contributed by atoms with E-state index >= 15 is 0 Å². The first-order valence-corrected chi connectivity index (χ1v) is 9.22. The van der Waals surface area contributed by atoms with E-state index in [1.165, 1.54) is 10.9 Å². The van der Waals surface area contributed by atoms with Crippen LogP contribution in [-0.2, 0) is 26.4 Å². The third kappa shape index (κ3) is 2.81.